The monoisotopic (exact) mass is 412 g/mol. The lowest BCUT2D eigenvalue weighted by molar-refractivity contribution is 0.146. The average Bonchev–Trinajstić information content (AvgIpc) is 2.06. The maximum absolute atomic E-state index is 12.6. The van der Waals surface area contributed by atoms with Gasteiger partial charge in [-0.15, -0.1) is 0 Å². The van der Waals surface area contributed by atoms with Crippen molar-refractivity contribution >= 4 is 48.5 Å². The van der Waals surface area contributed by atoms with E-state index in [1.165, 1.54) is 0 Å². The molecule has 1 heterocycles. The van der Waals surface area contributed by atoms with Crippen molar-refractivity contribution in [3.05, 3.63) is 19.8 Å². The second-order valence-corrected chi connectivity index (χ2v) is 5.92. The van der Waals surface area contributed by atoms with Gasteiger partial charge in [0, 0.05) is 14.2 Å². The molecule has 15 heavy (non-hydrogen) atoms. The van der Waals surface area contributed by atoms with Crippen molar-refractivity contribution in [2.24, 2.45) is 5.14 Å². The summed E-state index contributed by atoms with van der Waals surface area (Å²) in [5, 5.41) is 3.97. The minimum atomic E-state index is -4.24. The fourth-order valence-electron chi connectivity index (χ4n) is 0.880. The van der Waals surface area contributed by atoms with Crippen molar-refractivity contribution in [2.75, 3.05) is 0 Å². The van der Waals surface area contributed by atoms with Crippen LogP contribution in [0.15, 0.2) is 15.7 Å². The number of sulfonamides is 1. The molecule has 9 heteroatoms. The highest BCUT2D eigenvalue weighted by atomic mass is 127. The first-order valence-electron chi connectivity index (χ1n) is 3.40. The summed E-state index contributed by atoms with van der Waals surface area (Å²) >= 11 is 4.63. The lowest BCUT2D eigenvalue weighted by Crippen LogP contribution is -2.17. The van der Waals surface area contributed by atoms with E-state index < -0.39 is 27.0 Å². The summed E-state index contributed by atoms with van der Waals surface area (Å²) in [7, 11) is -4.24. The molecule has 0 saturated heterocycles. The highest BCUT2D eigenvalue weighted by molar-refractivity contribution is 14.1. The Hall–Kier alpha value is 0.130. The molecule has 0 unspecified atom stereocenters. The van der Waals surface area contributed by atoms with Crippen LogP contribution in [0.3, 0.4) is 0 Å². The van der Waals surface area contributed by atoms with Crippen molar-refractivity contribution in [3.8, 4) is 0 Å². The molecule has 0 aliphatic heterocycles. The van der Waals surface area contributed by atoms with E-state index in [1.807, 2.05) is 0 Å². The molecule has 4 nitrogen and oxygen atoms in total. The van der Waals surface area contributed by atoms with E-state index in [2.05, 4.69) is 20.9 Å². The topological polar surface area (TPSA) is 73.1 Å². The predicted molar refractivity (Wildman–Crippen MR) is 61.0 cm³/mol. The summed E-state index contributed by atoms with van der Waals surface area (Å²) in [5.74, 6) is 0. The first-order valence-corrected chi connectivity index (χ1v) is 6.81. The Morgan fingerprint density at radius 1 is 1.53 bits per heavy atom. The molecule has 1 aromatic heterocycles. The van der Waals surface area contributed by atoms with Gasteiger partial charge in [0.25, 0.3) is 16.4 Å². The van der Waals surface area contributed by atoms with Gasteiger partial charge in [0.1, 0.15) is 0 Å². The van der Waals surface area contributed by atoms with Gasteiger partial charge in [0.05, 0.1) is 5.56 Å². The molecule has 84 valence electrons. The number of hydrogen-bond donors (Lipinski definition) is 1. The zero-order valence-electron chi connectivity index (χ0n) is 6.92. The number of primary sulfonamides is 1. The lowest BCUT2D eigenvalue weighted by Gasteiger charge is -2.09. The molecule has 1 aromatic rings. The number of nitrogens with two attached hydrogens (primary N) is 1. The van der Waals surface area contributed by atoms with Crippen molar-refractivity contribution < 1.29 is 17.2 Å². The fourth-order valence-corrected chi connectivity index (χ4v) is 2.60. The van der Waals surface area contributed by atoms with E-state index in [9.17, 15) is 17.2 Å². The second-order valence-electron chi connectivity index (χ2n) is 2.48. The molecule has 0 aliphatic rings. The van der Waals surface area contributed by atoms with Crippen LogP contribution in [0.5, 0.6) is 0 Å². The van der Waals surface area contributed by atoms with Crippen molar-refractivity contribution in [1.82, 2.24) is 4.98 Å². The van der Waals surface area contributed by atoms with Crippen molar-refractivity contribution in [3.63, 3.8) is 0 Å². The number of aromatic nitrogens is 1. The summed E-state index contributed by atoms with van der Waals surface area (Å²) < 4.78 is 47.6. The summed E-state index contributed by atoms with van der Waals surface area (Å²) in [6, 6.07) is 0. The maximum Gasteiger partial charge on any atom is 0.267 e. The normalized spacial score (nSPS) is 12.1. The fraction of sp³-hybridized carbons (Fsp3) is 0.167. The van der Waals surface area contributed by atoms with E-state index in [0.29, 0.717) is 3.57 Å². The highest BCUT2D eigenvalue weighted by Gasteiger charge is 2.26. The van der Waals surface area contributed by atoms with Gasteiger partial charge in [-0.25, -0.2) is 27.3 Å². The zero-order chi connectivity index (χ0) is 11.8. The van der Waals surface area contributed by atoms with Gasteiger partial charge in [-0.1, -0.05) is 0 Å². The average molecular weight is 413 g/mol. The predicted octanol–water partition coefficient (Wildman–Crippen LogP) is 2.03. The van der Waals surface area contributed by atoms with Crippen molar-refractivity contribution in [1.29, 1.82) is 0 Å². The number of pyridine rings is 1. The molecule has 0 aromatic carbocycles. The van der Waals surface area contributed by atoms with E-state index in [0.717, 1.165) is 6.20 Å². The molecule has 0 aliphatic carbocycles. The van der Waals surface area contributed by atoms with Crippen LogP contribution in [0.4, 0.5) is 8.78 Å². The zero-order valence-corrected chi connectivity index (χ0v) is 11.5. The smallest absolute Gasteiger partial charge is 0.242 e. The molecule has 0 spiro atoms. The first kappa shape index (κ1) is 13.2. The van der Waals surface area contributed by atoms with Crippen LogP contribution < -0.4 is 5.14 Å². The third-order valence-corrected chi connectivity index (χ3v) is 4.74. The van der Waals surface area contributed by atoms with Gasteiger partial charge in [-0.2, -0.15) is 0 Å². The number of rotatable bonds is 2. The van der Waals surface area contributed by atoms with Gasteiger partial charge in [-0.3, -0.25) is 0 Å². The Kier molecular flexibility index (Phi) is 4.01. The van der Waals surface area contributed by atoms with Crippen LogP contribution in [0.25, 0.3) is 0 Å². The van der Waals surface area contributed by atoms with Gasteiger partial charge in [-0.05, 0) is 38.5 Å². The summed E-state index contributed by atoms with van der Waals surface area (Å²) in [6.45, 7) is 0. The molecule has 2 N–H and O–H groups in total. The van der Waals surface area contributed by atoms with Gasteiger partial charge < -0.3 is 0 Å². The number of hydrogen-bond acceptors (Lipinski definition) is 3. The molecular weight excluding hydrogens is 409 g/mol. The molecule has 0 atom stereocenters. The largest absolute Gasteiger partial charge is 0.267 e. The van der Waals surface area contributed by atoms with Crippen LogP contribution >= 0.6 is 38.5 Å². The van der Waals surface area contributed by atoms with Crippen LogP contribution in [-0.4, -0.2) is 13.4 Å². The Labute approximate surface area is 107 Å². The number of alkyl halides is 2. The minimum Gasteiger partial charge on any atom is -0.242 e. The summed E-state index contributed by atoms with van der Waals surface area (Å²) in [4.78, 5) is 3.40. The van der Waals surface area contributed by atoms with Gasteiger partial charge >= 0.3 is 0 Å². The summed E-state index contributed by atoms with van der Waals surface area (Å²) in [6.07, 6.45) is -1.81. The van der Waals surface area contributed by atoms with E-state index in [4.69, 9.17) is 5.14 Å². The molecule has 0 radical (unpaired) electrons. The van der Waals surface area contributed by atoms with Crippen LogP contribution in [0.1, 0.15) is 12.0 Å². The molecule has 0 bridgehead atoms. The molecular formula is C6H4BrF2IN2O2S. The summed E-state index contributed by atoms with van der Waals surface area (Å²) in [5.41, 5.74) is -0.704. The Morgan fingerprint density at radius 2 is 2.07 bits per heavy atom. The minimum absolute atomic E-state index is 0.00266. The third-order valence-electron chi connectivity index (χ3n) is 1.46. The molecule has 0 saturated carbocycles. The number of nitrogens with zero attached hydrogens (tertiary/aromatic N) is 1. The quantitative estimate of drug-likeness (QED) is 0.755. The molecule has 0 fully saturated rings. The van der Waals surface area contributed by atoms with Crippen molar-refractivity contribution in [2.45, 2.75) is 11.5 Å². The highest BCUT2D eigenvalue weighted by Crippen LogP contribution is 2.34. The van der Waals surface area contributed by atoms with Crippen LogP contribution in [0, 0.1) is 3.57 Å². The third kappa shape index (κ3) is 2.82. The number of halogens is 4. The standard InChI is InChI=1S/C6H4BrF2IN2O2S/c7-4-2(10)1-12-6(15(11,13)14)3(4)5(8)9/h1,5H,(H2,11,13,14). The van der Waals surface area contributed by atoms with Crippen LogP contribution in [-0.2, 0) is 10.0 Å². The lowest BCUT2D eigenvalue weighted by atomic mass is 10.3. The van der Waals surface area contributed by atoms with Gasteiger partial charge in [0.15, 0.2) is 5.03 Å². The first-order chi connectivity index (χ1) is 6.75. The Balaban J connectivity index is 3.62. The maximum atomic E-state index is 12.6. The Morgan fingerprint density at radius 3 is 2.47 bits per heavy atom. The SMILES string of the molecule is NS(=O)(=O)c1ncc(I)c(Br)c1C(F)F. The Bertz CT molecular complexity index is 494. The van der Waals surface area contributed by atoms with E-state index in [-0.39, 0.29) is 4.47 Å². The van der Waals surface area contributed by atoms with E-state index in [1.54, 1.807) is 22.6 Å². The van der Waals surface area contributed by atoms with Gasteiger partial charge in [0.2, 0.25) is 0 Å². The second kappa shape index (κ2) is 4.55. The molecule has 1 rings (SSSR count). The van der Waals surface area contributed by atoms with Crippen LogP contribution in [0.2, 0.25) is 0 Å². The van der Waals surface area contributed by atoms with E-state index >= 15 is 0 Å². The molecule has 0 amide bonds.